The van der Waals surface area contributed by atoms with E-state index in [0.717, 1.165) is 5.56 Å². The van der Waals surface area contributed by atoms with Gasteiger partial charge in [-0.1, -0.05) is 6.07 Å². The Kier molecular flexibility index (Phi) is 5.89. The highest BCUT2D eigenvalue weighted by Crippen LogP contribution is 2.35. The van der Waals surface area contributed by atoms with Crippen LogP contribution in [0.15, 0.2) is 36.4 Å². The van der Waals surface area contributed by atoms with E-state index < -0.39 is 0 Å². The molecule has 2 rings (SSSR count). The second kappa shape index (κ2) is 8.10. The number of benzene rings is 2. The average Bonchev–Trinajstić information content (AvgIpc) is 2.61. The van der Waals surface area contributed by atoms with Gasteiger partial charge in [0.25, 0.3) is 0 Å². The fourth-order valence-electron chi connectivity index (χ4n) is 2.27. The maximum absolute atomic E-state index is 12.1. The van der Waals surface area contributed by atoms with Gasteiger partial charge < -0.3 is 24.6 Å². The molecule has 0 atom stereocenters. The van der Waals surface area contributed by atoms with Gasteiger partial charge in [-0.05, 0) is 36.8 Å². The van der Waals surface area contributed by atoms with Crippen LogP contribution in [0.1, 0.15) is 11.1 Å². The number of ether oxygens (including phenoxy) is 3. The van der Waals surface area contributed by atoms with E-state index in [-0.39, 0.29) is 11.7 Å². The molecular formula is C19H21NO5. The van der Waals surface area contributed by atoms with Crippen LogP contribution >= 0.6 is 0 Å². The van der Waals surface area contributed by atoms with Crippen LogP contribution in [-0.4, -0.2) is 32.3 Å². The number of hydrogen-bond donors (Lipinski definition) is 2. The highest BCUT2D eigenvalue weighted by Gasteiger charge is 2.10. The number of anilines is 1. The molecule has 1 amide bonds. The van der Waals surface area contributed by atoms with Crippen LogP contribution < -0.4 is 19.5 Å². The van der Waals surface area contributed by atoms with Crippen molar-refractivity contribution in [1.82, 2.24) is 0 Å². The number of rotatable bonds is 6. The minimum Gasteiger partial charge on any atom is -0.506 e. The van der Waals surface area contributed by atoms with Crippen molar-refractivity contribution in [3.63, 3.8) is 0 Å². The molecule has 0 heterocycles. The number of amides is 1. The lowest BCUT2D eigenvalue weighted by Crippen LogP contribution is -2.08. The molecule has 2 N–H and O–H groups in total. The summed E-state index contributed by atoms with van der Waals surface area (Å²) in [5, 5.41) is 12.5. The lowest BCUT2D eigenvalue weighted by Gasteiger charge is -2.12. The summed E-state index contributed by atoms with van der Waals surface area (Å²) in [5.41, 5.74) is 1.91. The lowest BCUT2D eigenvalue weighted by atomic mass is 10.1. The number of methoxy groups -OCH3 is 3. The van der Waals surface area contributed by atoms with Crippen LogP contribution in [0, 0.1) is 6.92 Å². The summed E-state index contributed by atoms with van der Waals surface area (Å²) in [6.07, 6.45) is 2.95. The molecule has 0 bridgehead atoms. The molecule has 0 saturated heterocycles. The highest BCUT2D eigenvalue weighted by atomic mass is 16.5. The number of hydrogen-bond acceptors (Lipinski definition) is 5. The first kappa shape index (κ1) is 18.2. The Hall–Kier alpha value is -3.15. The molecule has 6 heteroatoms. The van der Waals surface area contributed by atoms with Crippen LogP contribution in [0.2, 0.25) is 0 Å². The average molecular weight is 343 g/mol. The van der Waals surface area contributed by atoms with Gasteiger partial charge in [0, 0.05) is 17.7 Å². The first-order valence-electron chi connectivity index (χ1n) is 7.57. The van der Waals surface area contributed by atoms with Gasteiger partial charge in [0.1, 0.15) is 11.5 Å². The zero-order chi connectivity index (χ0) is 18.4. The second-order valence-corrected chi connectivity index (χ2v) is 5.29. The molecular weight excluding hydrogens is 322 g/mol. The number of nitrogens with one attached hydrogen (secondary N) is 1. The predicted octanol–water partition coefficient (Wildman–Crippen LogP) is 3.38. The largest absolute Gasteiger partial charge is 0.506 e. The number of carbonyl (C=O) groups excluding carboxylic acids is 1. The van der Waals surface area contributed by atoms with Crippen LogP contribution in [0.5, 0.6) is 23.0 Å². The Morgan fingerprint density at radius 3 is 2.24 bits per heavy atom. The zero-order valence-corrected chi connectivity index (χ0v) is 14.6. The van der Waals surface area contributed by atoms with Gasteiger partial charge in [0.2, 0.25) is 5.91 Å². The Labute approximate surface area is 146 Å². The molecule has 0 aliphatic heterocycles. The van der Waals surface area contributed by atoms with Crippen molar-refractivity contribution >= 4 is 17.7 Å². The van der Waals surface area contributed by atoms with Crippen molar-refractivity contribution in [2.24, 2.45) is 0 Å². The molecule has 2 aromatic carbocycles. The van der Waals surface area contributed by atoms with Crippen molar-refractivity contribution in [2.45, 2.75) is 6.92 Å². The van der Waals surface area contributed by atoms with E-state index in [0.29, 0.717) is 28.5 Å². The zero-order valence-electron chi connectivity index (χ0n) is 14.6. The van der Waals surface area contributed by atoms with Crippen LogP contribution in [-0.2, 0) is 4.79 Å². The predicted molar refractivity (Wildman–Crippen MR) is 96.6 cm³/mol. The third-order valence-electron chi connectivity index (χ3n) is 3.56. The SMILES string of the molecule is COc1cc(OC)c(OC)cc1/C=C/C(=O)Nc1ccc(C)cc1O. The van der Waals surface area contributed by atoms with E-state index in [2.05, 4.69) is 5.32 Å². The van der Waals surface area contributed by atoms with Crippen molar-refractivity contribution in [1.29, 1.82) is 0 Å². The van der Waals surface area contributed by atoms with E-state index in [4.69, 9.17) is 14.2 Å². The first-order chi connectivity index (χ1) is 12.0. The van der Waals surface area contributed by atoms with Crippen molar-refractivity contribution < 1.29 is 24.1 Å². The quantitative estimate of drug-likeness (QED) is 0.621. The minimum absolute atomic E-state index is 0.0189. The van der Waals surface area contributed by atoms with Crippen LogP contribution in [0.25, 0.3) is 6.08 Å². The number of aryl methyl sites for hydroxylation is 1. The highest BCUT2D eigenvalue weighted by molar-refractivity contribution is 6.03. The fraction of sp³-hybridized carbons (Fsp3) is 0.211. The molecule has 2 aromatic rings. The summed E-state index contributed by atoms with van der Waals surface area (Å²) in [6.45, 7) is 1.86. The lowest BCUT2D eigenvalue weighted by molar-refractivity contribution is -0.111. The summed E-state index contributed by atoms with van der Waals surface area (Å²) >= 11 is 0. The molecule has 6 nitrogen and oxygen atoms in total. The third kappa shape index (κ3) is 4.44. The van der Waals surface area contributed by atoms with Crippen LogP contribution in [0.3, 0.4) is 0 Å². The van der Waals surface area contributed by atoms with Gasteiger partial charge in [-0.2, -0.15) is 0 Å². The standard InChI is InChI=1S/C19H21NO5/c1-12-5-7-14(15(21)9-12)20-19(22)8-6-13-10-17(24-3)18(25-4)11-16(13)23-2/h5-11,21H,1-4H3,(H,20,22)/b8-6+. The third-order valence-corrected chi connectivity index (χ3v) is 3.56. The summed E-state index contributed by atoms with van der Waals surface area (Å²) in [6, 6.07) is 8.42. The number of carbonyl (C=O) groups is 1. The van der Waals surface area contributed by atoms with Gasteiger partial charge in [-0.25, -0.2) is 0 Å². The monoisotopic (exact) mass is 343 g/mol. The normalized spacial score (nSPS) is 10.6. The number of phenols is 1. The number of aromatic hydroxyl groups is 1. The number of phenolic OH excluding ortho intramolecular Hbond substituents is 1. The first-order valence-corrected chi connectivity index (χ1v) is 7.57. The molecule has 0 radical (unpaired) electrons. The van der Waals surface area contributed by atoms with E-state index in [9.17, 15) is 9.90 Å². The topological polar surface area (TPSA) is 77.0 Å². The van der Waals surface area contributed by atoms with Gasteiger partial charge in [-0.15, -0.1) is 0 Å². The van der Waals surface area contributed by atoms with E-state index in [1.165, 1.54) is 27.4 Å². The van der Waals surface area contributed by atoms with Crippen molar-refractivity contribution in [3.8, 4) is 23.0 Å². The molecule has 132 valence electrons. The van der Waals surface area contributed by atoms with E-state index in [1.807, 2.05) is 6.92 Å². The molecule has 0 aromatic heterocycles. The molecule has 0 unspecified atom stereocenters. The fourth-order valence-corrected chi connectivity index (χ4v) is 2.27. The van der Waals surface area contributed by atoms with Gasteiger partial charge in [-0.3, -0.25) is 4.79 Å². The Bertz CT molecular complexity index is 799. The van der Waals surface area contributed by atoms with Gasteiger partial charge in [0.05, 0.1) is 27.0 Å². The van der Waals surface area contributed by atoms with E-state index in [1.54, 1.807) is 36.4 Å². The smallest absolute Gasteiger partial charge is 0.248 e. The summed E-state index contributed by atoms with van der Waals surface area (Å²) in [4.78, 5) is 12.1. The molecule has 0 saturated carbocycles. The summed E-state index contributed by atoms with van der Waals surface area (Å²) < 4.78 is 15.8. The van der Waals surface area contributed by atoms with E-state index >= 15 is 0 Å². The molecule has 0 aliphatic carbocycles. The Balaban J connectivity index is 2.21. The molecule has 0 fully saturated rings. The Morgan fingerprint density at radius 1 is 1.00 bits per heavy atom. The maximum atomic E-state index is 12.1. The van der Waals surface area contributed by atoms with Crippen molar-refractivity contribution in [3.05, 3.63) is 47.5 Å². The van der Waals surface area contributed by atoms with Crippen molar-refractivity contribution in [2.75, 3.05) is 26.6 Å². The molecule has 0 spiro atoms. The summed E-state index contributed by atoms with van der Waals surface area (Å²) in [5.74, 6) is 1.24. The van der Waals surface area contributed by atoms with Gasteiger partial charge in [0.15, 0.2) is 11.5 Å². The Morgan fingerprint density at radius 2 is 1.64 bits per heavy atom. The van der Waals surface area contributed by atoms with Gasteiger partial charge >= 0.3 is 0 Å². The molecule has 25 heavy (non-hydrogen) atoms. The minimum atomic E-state index is -0.379. The summed E-state index contributed by atoms with van der Waals surface area (Å²) in [7, 11) is 4.60. The second-order valence-electron chi connectivity index (χ2n) is 5.29. The molecule has 0 aliphatic rings. The van der Waals surface area contributed by atoms with Crippen LogP contribution in [0.4, 0.5) is 5.69 Å². The maximum Gasteiger partial charge on any atom is 0.248 e.